The molecule has 0 bridgehead atoms. The maximum absolute atomic E-state index is 12.4. The lowest BCUT2D eigenvalue weighted by Gasteiger charge is -2.16. The van der Waals surface area contributed by atoms with Gasteiger partial charge in [0.1, 0.15) is 0 Å². The van der Waals surface area contributed by atoms with Gasteiger partial charge in [0.15, 0.2) is 11.0 Å². The lowest BCUT2D eigenvalue weighted by Crippen LogP contribution is -2.39. The van der Waals surface area contributed by atoms with E-state index in [9.17, 15) is 9.59 Å². The molecule has 0 atom stereocenters. The molecule has 2 amide bonds. The summed E-state index contributed by atoms with van der Waals surface area (Å²) in [5.41, 5.74) is 0.969. The van der Waals surface area contributed by atoms with E-state index in [0.29, 0.717) is 12.1 Å². The van der Waals surface area contributed by atoms with Gasteiger partial charge in [0, 0.05) is 37.1 Å². The summed E-state index contributed by atoms with van der Waals surface area (Å²) in [6.07, 6.45) is 7.74. The molecule has 2 fully saturated rings. The van der Waals surface area contributed by atoms with Gasteiger partial charge in [-0.15, -0.1) is 10.2 Å². The predicted octanol–water partition coefficient (Wildman–Crippen LogP) is 1.50. The van der Waals surface area contributed by atoms with Gasteiger partial charge >= 0.3 is 0 Å². The van der Waals surface area contributed by atoms with E-state index < -0.39 is 0 Å². The molecule has 2 saturated carbocycles. The Morgan fingerprint density at radius 1 is 1.22 bits per heavy atom. The van der Waals surface area contributed by atoms with Crippen molar-refractivity contribution >= 4 is 23.6 Å². The maximum atomic E-state index is 12.4. The first-order valence-corrected chi connectivity index (χ1v) is 10.1. The Kier molecular flexibility index (Phi) is 5.11. The normalized spacial score (nSPS) is 16.2. The van der Waals surface area contributed by atoms with Crippen LogP contribution in [0.15, 0.2) is 29.7 Å². The van der Waals surface area contributed by atoms with Crippen LogP contribution in [0.1, 0.15) is 31.7 Å². The van der Waals surface area contributed by atoms with Crippen molar-refractivity contribution in [2.24, 2.45) is 0 Å². The summed E-state index contributed by atoms with van der Waals surface area (Å²) in [6, 6.07) is 4.52. The SMILES string of the molecule is CN(CC(=O)NC1CC1)C(=O)CSc1nnc(-c2ccncc2)n1C1CC1. The first-order valence-electron chi connectivity index (χ1n) is 9.13. The van der Waals surface area contributed by atoms with Gasteiger partial charge in [0.2, 0.25) is 11.8 Å². The Labute approximate surface area is 161 Å². The number of amides is 2. The van der Waals surface area contributed by atoms with Gasteiger partial charge in [-0.25, -0.2) is 0 Å². The van der Waals surface area contributed by atoms with Crippen LogP contribution in [0.5, 0.6) is 0 Å². The first kappa shape index (κ1) is 18.0. The molecule has 142 valence electrons. The fraction of sp³-hybridized carbons (Fsp3) is 0.500. The average molecular weight is 386 g/mol. The molecule has 2 aromatic heterocycles. The fourth-order valence-corrected chi connectivity index (χ4v) is 3.72. The molecule has 0 spiro atoms. The van der Waals surface area contributed by atoms with Gasteiger partial charge in [0.05, 0.1) is 12.3 Å². The first-order chi connectivity index (χ1) is 13.1. The lowest BCUT2D eigenvalue weighted by atomic mass is 10.2. The van der Waals surface area contributed by atoms with Crippen LogP contribution in [-0.2, 0) is 9.59 Å². The van der Waals surface area contributed by atoms with Gasteiger partial charge in [-0.3, -0.25) is 19.1 Å². The summed E-state index contributed by atoms with van der Waals surface area (Å²) in [6.45, 7) is 0.0907. The summed E-state index contributed by atoms with van der Waals surface area (Å²) >= 11 is 1.37. The molecule has 2 heterocycles. The van der Waals surface area contributed by atoms with Crippen LogP contribution in [0, 0.1) is 0 Å². The minimum absolute atomic E-state index is 0.0907. The minimum atomic E-state index is -0.0977. The molecule has 4 rings (SSSR count). The number of hydrogen-bond acceptors (Lipinski definition) is 6. The number of hydrogen-bond donors (Lipinski definition) is 1. The zero-order valence-electron chi connectivity index (χ0n) is 15.2. The second kappa shape index (κ2) is 7.67. The summed E-state index contributed by atoms with van der Waals surface area (Å²) in [5, 5.41) is 12.3. The van der Waals surface area contributed by atoms with Crippen molar-refractivity contribution in [1.82, 2.24) is 30.0 Å². The number of rotatable bonds is 8. The van der Waals surface area contributed by atoms with Crippen molar-refractivity contribution in [2.45, 2.75) is 42.9 Å². The zero-order chi connectivity index (χ0) is 18.8. The van der Waals surface area contributed by atoms with E-state index >= 15 is 0 Å². The fourth-order valence-electron chi connectivity index (χ4n) is 2.78. The number of carbonyl (C=O) groups excluding carboxylic acids is 2. The van der Waals surface area contributed by atoms with Crippen LogP contribution in [0.3, 0.4) is 0 Å². The number of likely N-dealkylation sites (N-methyl/N-ethyl adjacent to an activating group) is 1. The predicted molar refractivity (Wildman–Crippen MR) is 101 cm³/mol. The van der Waals surface area contributed by atoms with Crippen molar-refractivity contribution in [1.29, 1.82) is 0 Å². The Morgan fingerprint density at radius 3 is 2.63 bits per heavy atom. The molecular formula is C18H22N6O2S. The van der Waals surface area contributed by atoms with Crippen molar-refractivity contribution in [3.05, 3.63) is 24.5 Å². The van der Waals surface area contributed by atoms with E-state index in [0.717, 1.165) is 42.2 Å². The van der Waals surface area contributed by atoms with Crippen molar-refractivity contribution in [2.75, 3.05) is 19.3 Å². The standard InChI is InChI=1S/C18H22N6O2S/c1-23(10-15(25)20-13-2-3-13)16(26)11-27-18-22-21-17(24(18)14-4-5-14)12-6-8-19-9-7-12/h6-9,13-14H,2-5,10-11H2,1H3,(H,20,25). The molecular weight excluding hydrogens is 364 g/mol. The topological polar surface area (TPSA) is 93.0 Å². The van der Waals surface area contributed by atoms with Crippen LogP contribution < -0.4 is 5.32 Å². The molecule has 2 aliphatic carbocycles. The molecule has 1 N–H and O–H groups in total. The number of aromatic nitrogens is 4. The van der Waals surface area contributed by atoms with E-state index in [-0.39, 0.29) is 24.1 Å². The van der Waals surface area contributed by atoms with Crippen LogP contribution in [0.4, 0.5) is 0 Å². The molecule has 0 aliphatic heterocycles. The number of carbonyl (C=O) groups is 2. The summed E-state index contributed by atoms with van der Waals surface area (Å²) in [7, 11) is 1.66. The van der Waals surface area contributed by atoms with E-state index in [1.807, 2.05) is 12.1 Å². The number of nitrogens with zero attached hydrogens (tertiary/aromatic N) is 5. The summed E-state index contributed by atoms with van der Waals surface area (Å²) in [5.74, 6) is 0.849. The Morgan fingerprint density at radius 2 is 1.96 bits per heavy atom. The highest BCUT2D eigenvalue weighted by atomic mass is 32.2. The summed E-state index contributed by atoms with van der Waals surface area (Å²) in [4.78, 5) is 29.7. The van der Waals surface area contributed by atoms with Gasteiger partial charge in [-0.2, -0.15) is 0 Å². The van der Waals surface area contributed by atoms with E-state index in [2.05, 4.69) is 25.1 Å². The lowest BCUT2D eigenvalue weighted by molar-refractivity contribution is -0.132. The minimum Gasteiger partial charge on any atom is -0.352 e. The molecule has 0 radical (unpaired) electrons. The highest BCUT2D eigenvalue weighted by molar-refractivity contribution is 7.99. The zero-order valence-corrected chi connectivity index (χ0v) is 16.0. The van der Waals surface area contributed by atoms with E-state index in [1.165, 1.54) is 16.7 Å². The van der Waals surface area contributed by atoms with Gasteiger partial charge in [0.25, 0.3) is 0 Å². The number of pyridine rings is 1. The Balaban J connectivity index is 1.38. The van der Waals surface area contributed by atoms with Gasteiger partial charge in [-0.05, 0) is 37.8 Å². The summed E-state index contributed by atoms with van der Waals surface area (Å²) < 4.78 is 2.12. The molecule has 0 unspecified atom stereocenters. The molecule has 9 heteroatoms. The average Bonchev–Trinajstić information content (AvgIpc) is 3.60. The highest BCUT2D eigenvalue weighted by Crippen LogP contribution is 2.40. The van der Waals surface area contributed by atoms with Crippen molar-refractivity contribution < 1.29 is 9.59 Å². The Bertz CT molecular complexity index is 832. The Hall–Kier alpha value is -2.42. The van der Waals surface area contributed by atoms with E-state index in [1.54, 1.807) is 19.4 Å². The molecule has 0 saturated heterocycles. The van der Waals surface area contributed by atoms with Crippen LogP contribution in [0.2, 0.25) is 0 Å². The van der Waals surface area contributed by atoms with Gasteiger partial charge < -0.3 is 10.2 Å². The largest absolute Gasteiger partial charge is 0.352 e. The quantitative estimate of drug-likeness (QED) is 0.691. The van der Waals surface area contributed by atoms with Crippen LogP contribution in [0.25, 0.3) is 11.4 Å². The maximum Gasteiger partial charge on any atom is 0.239 e. The molecule has 8 nitrogen and oxygen atoms in total. The van der Waals surface area contributed by atoms with Gasteiger partial charge in [-0.1, -0.05) is 11.8 Å². The van der Waals surface area contributed by atoms with Crippen LogP contribution >= 0.6 is 11.8 Å². The number of thioether (sulfide) groups is 1. The monoisotopic (exact) mass is 386 g/mol. The third-order valence-electron chi connectivity index (χ3n) is 4.59. The van der Waals surface area contributed by atoms with Crippen molar-refractivity contribution in [3.63, 3.8) is 0 Å². The van der Waals surface area contributed by atoms with Crippen LogP contribution in [-0.4, -0.2) is 61.8 Å². The second-order valence-electron chi connectivity index (χ2n) is 7.02. The second-order valence-corrected chi connectivity index (χ2v) is 7.97. The highest BCUT2D eigenvalue weighted by Gasteiger charge is 2.30. The third-order valence-corrected chi connectivity index (χ3v) is 5.52. The smallest absolute Gasteiger partial charge is 0.239 e. The third kappa shape index (κ3) is 4.47. The molecule has 0 aromatic carbocycles. The van der Waals surface area contributed by atoms with Crippen molar-refractivity contribution in [3.8, 4) is 11.4 Å². The molecule has 27 heavy (non-hydrogen) atoms. The molecule has 2 aromatic rings. The molecule has 2 aliphatic rings. The van der Waals surface area contributed by atoms with E-state index in [4.69, 9.17) is 0 Å². The number of nitrogens with one attached hydrogen (secondary N) is 1.